The van der Waals surface area contributed by atoms with E-state index in [1.54, 1.807) is 67.6 Å². The van der Waals surface area contributed by atoms with Gasteiger partial charge >= 0.3 is 5.97 Å². The van der Waals surface area contributed by atoms with Crippen LogP contribution < -0.4 is 10.6 Å². The predicted molar refractivity (Wildman–Crippen MR) is 109 cm³/mol. The molecular weight excluding hydrogens is 368 g/mol. The van der Waals surface area contributed by atoms with Crippen LogP contribution in [0.5, 0.6) is 0 Å². The molecule has 7 nitrogen and oxygen atoms in total. The van der Waals surface area contributed by atoms with Gasteiger partial charge in [-0.1, -0.05) is 18.2 Å². The first-order chi connectivity index (χ1) is 14.1. The summed E-state index contributed by atoms with van der Waals surface area (Å²) >= 11 is 0. The van der Waals surface area contributed by atoms with Gasteiger partial charge in [-0.15, -0.1) is 0 Å². The van der Waals surface area contributed by atoms with E-state index in [0.717, 1.165) is 0 Å². The number of nitrogens with zero attached hydrogens (tertiary/aromatic N) is 2. The zero-order valence-corrected chi connectivity index (χ0v) is 15.7. The Morgan fingerprint density at radius 2 is 1.90 bits per heavy atom. The van der Waals surface area contributed by atoms with Crippen molar-refractivity contribution in [2.24, 2.45) is 0 Å². The summed E-state index contributed by atoms with van der Waals surface area (Å²) in [5.41, 5.74) is 2.68. The molecule has 7 heteroatoms. The second-order valence-electron chi connectivity index (χ2n) is 5.97. The van der Waals surface area contributed by atoms with Crippen molar-refractivity contribution < 1.29 is 14.3 Å². The Bertz CT molecular complexity index is 1090. The van der Waals surface area contributed by atoms with Crippen molar-refractivity contribution in [1.82, 2.24) is 4.98 Å². The molecule has 3 aromatic rings. The average Bonchev–Trinajstić information content (AvgIpc) is 2.74. The van der Waals surface area contributed by atoms with Crippen LogP contribution in [0.4, 0.5) is 17.1 Å². The highest BCUT2D eigenvalue weighted by atomic mass is 16.5. The van der Waals surface area contributed by atoms with Crippen molar-refractivity contribution in [3.63, 3.8) is 0 Å². The van der Waals surface area contributed by atoms with Crippen LogP contribution in [-0.4, -0.2) is 23.5 Å². The molecule has 0 aliphatic carbocycles. The van der Waals surface area contributed by atoms with Gasteiger partial charge in [0, 0.05) is 17.6 Å². The van der Waals surface area contributed by atoms with Crippen molar-refractivity contribution >= 4 is 28.9 Å². The Kier molecular flexibility index (Phi) is 6.18. The zero-order chi connectivity index (χ0) is 20.6. The fraction of sp³-hybridized carbons (Fsp3) is 0.0909. The molecular formula is C22H18N4O3. The first-order valence-corrected chi connectivity index (χ1v) is 8.91. The highest BCUT2D eigenvalue weighted by Crippen LogP contribution is 2.22. The summed E-state index contributed by atoms with van der Waals surface area (Å²) in [6.07, 6.45) is 1.50. The lowest BCUT2D eigenvalue weighted by Gasteiger charge is -2.12. The fourth-order valence-electron chi connectivity index (χ4n) is 2.63. The lowest BCUT2D eigenvalue weighted by atomic mass is 10.1. The molecule has 144 valence electrons. The maximum Gasteiger partial charge on any atom is 0.340 e. The van der Waals surface area contributed by atoms with E-state index >= 15 is 0 Å². The van der Waals surface area contributed by atoms with Crippen LogP contribution in [0.15, 0.2) is 66.9 Å². The number of nitriles is 1. The number of anilines is 3. The Labute approximate surface area is 168 Å². The van der Waals surface area contributed by atoms with Crippen molar-refractivity contribution in [1.29, 1.82) is 5.26 Å². The maximum absolute atomic E-state index is 12.5. The van der Waals surface area contributed by atoms with Gasteiger partial charge in [-0.05, 0) is 49.4 Å². The highest BCUT2D eigenvalue weighted by molar-refractivity contribution is 6.03. The van der Waals surface area contributed by atoms with Gasteiger partial charge in [0.1, 0.15) is 5.69 Å². The number of para-hydroxylation sites is 1. The molecule has 0 spiro atoms. The van der Waals surface area contributed by atoms with E-state index in [4.69, 9.17) is 10.00 Å². The topological polar surface area (TPSA) is 104 Å². The van der Waals surface area contributed by atoms with Crippen molar-refractivity contribution in [2.45, 2.75) is 6.92 Å². The molecule has 1 amide bonds. The molecule has 0 aliphatic rings. The normalized spacial score (nSPS) is 9.93. The molecule has 3 rings (SSSR count). The predicted octanol–water partition coefficient (Wildman–Crippen LogP) is 4.13. The summed E-state index contributed by atoms with van der Waals surface area (Å²) in [5, 5.41) is 14.8. The lowest BCUT2D eigenvalue weighted by Crippen LogP contribution is -2.14. The number of carbonyl (C=O) groups excluding carboxylic acids is 2. The molecule has 2 N–H and O–H groups in total. The average molecular weight is 386 g/mol. The number of amides is 1. The fourth-order valence-corrected chi connectivity index (χ4v) is 2.63. The van der Waals surface area contributed by atoms with Crippen LogP contribution in [0.2, 0.25) is 0 Å². The third kappa shape index (κ3) is 4.96. The van der Waals surface area contributed by atoms with Crippen LogP contribution >= 0.6 is 0 Å². The molecule has 1 heterocycles. The summed E-state index contributed by atoms with van der Waals surface area (Å²) in [7, 11) is 0. The molecule has 0 unspecified atom stereocenters. The van der Waals surface area contributed by atoms with Gasteiger partial charge in [-0.25, -0.2) is 4.79 Å². The van der Waals surface area contributed by atoms with Gasteiger partial charge in [0.05, 0.1) is 29.5 Å². The van der Waals surface area contributed by atoms with Gasteiger partial charge in [0.2, 0.25) is 0 Å². The van der Waals surface area contributed by atoms with Gasteiger partial charge in [-0.2, -0.15) is 5.26 Å². The Morgan fingerprint density at radius 1 is 1.07 bits per heavy atom. The number of hydrogen-bond donors (Lipinski definition) is 2. The minimum absolute atomic E-state index is 0.186. The van der Waals surface area contributed by atoms with E-state index in [9.17, 15) is 9.59 Å². The number of benzene rings is 2. The molecule has 1 aromatic heterocycles. The number of rotatable bonds is 6. The number of carbonyl (C=O) groups is 2. The van der Waals surface area contributed by atoms with Crippen LogP contribution in [-0.2, 0) is 4.74 Å². The zero-order valence-electron chi connectivity index (χ0n) is 15.7. The van der Waals surface area contributed by atoms with Crippen molar-refractivity contribution in [3.8, 4) is 6.07 Å². The molecule has 29 heavy (non-hydrogen) atoms. The SMILES string of the molecule is CCOC(=O)c1ccccc1Nc1ccnc(C(=O)Nc2cccc(C#N)c2)c1. The molecule has 0 aliphatic heterocycles. The molecule has 0 saturated carbocycles. The van der Waals surface area contributed by atoms with E-state index in [1.165, 1.54) is 6.20 Å². The standard InChI is InChI=1S/C22H18N4O3/c1-2-29-22(28)18-8-3-4-9-19(18)25-17-10-11-24-20(13-17)21(27)26-16-7-5-6-15(12-16)14-23/h3-13H,2H2,1H3,(H,24,25)(H,26,27). The molecule has 0 atom stereocenters. The Morgan fingerprint density at radius 3 is 2.69 bits per heavy atom. The second-order valence-corrected chi connectivity index (χ2v) is 5.97. The van der Waals surface area contributed by atoms with Crippen LogP contribution in [0.1, 0.15) is 33.3 Å². The van der Waals surface area contributed by atoms with E-state index < -0.39 is 11.9 Å². The van der Waals surface area contributed by atoms with Crippen LogP contribution in [0.25, 0.3) is 0 Å². The maximum atomic E-state index is 12.5. The third-order valence-electron chi connectivity index (χ3n) is 3.94. The minimum Gasteiger partial charge on any atom is -0.462 e. The van der Waals surface area contributed by atoms with E-state index in [0.29, 0.717) is 28.2 Å². The second kappa shape index (κ2) is 9.15. The van der Waals surface area contributed by atoms with Gasteiger partial charge < -0.3 is 15.4 Å². The minimum atomic E-state index is -0.431. The number of nitrogens with one attached hydrogen (secondary N) is 2. The number of pyridine rings is 1. The number of esters is 1. The molecule has 0 fully saturated rings. The van der Waals surface area contributed by atoms with Crippen molar-refractivity contribution in [2.75, 3.05) is 17.2 Å². The third-order valence-corrected chi connectivity index (χ3v) is 3.94. The largest absolute Gasteiger partial charge is 0.462 e. The first kappa shape index (κ1) is 19.6. The monoisotopic (exact) mass is 386 g/mol. The van der Waals surface area contributed by atoms with Crippen LogP contribution in [0, 0.1) is 11.3 Å². The number of ether oxygens (including phenoxy) is 1. The van der Waals surface area contributed by atoms with E-state index in [1.807, 2.05) is 6.07 Å². The smallest absolute Gasteiger partial charge is 0.340 e. The molecule has 0 radical (unpaired) electrons. The lowest BCUT2D eigenvalue weighted by molar-refractivity contribution is 0.0527. The summed E-state index contributed by atoms with van der Waals surface area (Å²) < 4.78 is 5.08. The van der Waals surface area contributed by atoms with Crippen LogP contribution in [0.3, 0.4) is 0 Å². The Balaban J connectivity index is 1.79. The molecule has 2 aromatic carbocycles. The van der Waals surface area contributed by atoms with E-state index in [2.05, 4.69) is 15.6 Å². The summed E-state index contributed by atoms with van der Waals surface area (Å²) in [6, 6.07) is 18.9. The van der Waals surface area contributed by atoms with E-state index in [-0.39, 0.29) is 12.3 Å². The Hall–Kier alpha value is -4.18. The number of hydrogen-bond acceptors (Lipinski definition) is 6. The summed E-state index contributed by atoms with van der Waals surface area (Å²) in [4.78, 5) is 28.7. The molecule has 0 bridgehead atoms. The van der Waals surface area contributed by atoms with Crippen molar-refractivity contribution in [3.05, 3.63) is 83.7 Å². The first-order valence-electron chi connectivity index (χ1n) is 8.91. The van der Waals surface area contributed by atoms with Gasteiger partial charge in [-0.3, -0.25) is 9.78 Å². The highest BCUT2D eigenvalue weighted by Gasteiger charge is 2.13. The van der Waals surface area contributed by atoms with Gasteiger partial charge in [0.15, 0.2) is 0 Å². The summed E-state index contributed by atoms with van der Waals surface area (Å²) in [5.74, 6) is -0.845. The molecule has 0 saturated heterocycles. The summed E-state index contributed by atoms with van der Waals surface area (Å²) in [6.45, 7) is 2.02. The quantitative estimate of drug-likeness (QED) is 0.618. The van der Waals surface area contributed by atoms with Gasteiger partial charge in [0.25, 0.3) is 5.91 Å². The number of aromatic nitrogens is 1.